The maximum Gasteiger partial charge on any atom is 0.183 e. The SMILES string of the molecule is CC(C)CNc1nc(-c2cc3cc(Br)ccc3o2)cs1. The number of nitrogens with one attached hydrogen (secondary N) is 1. The maximum absolute atomic E-state index is 5.84. The number of hydrogen-bond donors (Lipinski definition) is 1. The first-order valence-electron chi connectivity index (χ1n) is 6.50. The predicted octanol–water partition coefficient (Wildman–Crippen LogP) is 5.39. The Morgan fingerprint density at radius 2 is 2.20 bits per heavy atom. The Morgan fingerprint density at radius 3 is 3.00 bits per heavy atom. The molecule has 0 spiro atoms. The molecule has 0 unspecified atom stereocenters. The molecule has 3 nitrogen and oxygen atoms in total. The van der Waals surface area contributed by atoms with E-state index in [1.54, 1.807) is 11.3 Å². The number of halogens is 1. The van der Waals surface area contributed by atoms with Crippen LogP contribution in [0.25, 0.3) is 22.4 Å². The number of rotatable bonds is 4. The minimum absolute atomic E-state index is 0.603. The van der Waals surface area contributed by atoms with Gasteiger partial charge in [-0.05, 0) is 30.2 Å². The van der Waals surface area contributed by atoms with Crippen molar-refractivity contribution in [2.75, 3.05) is 11.9 Å². The van der Waals surface area contributed by atoms with Crippen molar-refractivity contribution in [2.45, 2.75) is 13.8 Å². The standard InChI is InChI=1S/C15H15BrN2OS/c1-9(2)7-17-15-18-12(8-20-15)14-6-10-5-11(16)3-4-13(10)19-14/h3-6,8-9H,7H2,1-2H3,(H,17,18). The van der Waals surface area contributed by atoms with Crippen molar-refractivity contribution < 1.29 is 4.42 Å². The molecule has 0 fully saturated rings. The summed E-state index contributed by atoms with van der Waals surface area (Å²) in [5, 5.41) is 7.38. The van der Waals surface area contributed by atoms with E-state index >= 15 is 0 Å². The zero-order valence-electron chi connectivity index (χ0n) is 11.3. The molecule has 0 bridgehead atoms. The summed E-state index contributed by atoms with van der Waals surface area (Å²) in [7, 11) is 0. The summed E-state index contributed by atoms with van der Waals surface area (Å²) in [6.45, 7) is 5.29. The van der Waals surface area contributed by atoms with Crippen LogP contribution >= 0.6 is 27.3 Å². The van der Waals surface area contributed by atoms with Crippen molar-refractivity contribution in [1.82, 2.24) is 4.98 Å². The van der Waals surface area contributed by atoms with E-state index in [1.165, 1.54) is 0 Å². The summed E-state index contributed by atoms with van der Waals surface area (Å²) >= 11 is 5.08. The molecule has 2 aromatic heterocycles. The zero-order valence-corrected chi connectivity index (χ0v) is 13.7. The van der Waals surface area contributed by atoms with Crippen LogP contribution in [0.3, 0.4) is 0 Å². The number of anilines is 1. The molecule has 3 rings (SSSR count). The minimum Gasteiger partial charge on any atom is -0.454 e. The highest BCUT2D eigenvalue weighted by molar-refractivity contribution is 9.10. The van der Waals surface area contributed by atoms with Crippen LogP contribution < -0.4 is 5.32 Å². The van der Waals surface area contributed by atoms with Gasteiger partial charge in [0, 0.05) is 21.8 Å². The largest absolute Gasteiger partial charge is 0.454 e. The number of benzene rings is 1. The monoisotopic (exact) mass is 350 g/mol. The molecule has 0 aliphatic carbocycles. The Balaban J connectivity index is 1.87. The van der Waals surface area contributed by atoms with Crippen LogP contribution in [0.1, 0.15) is 13.8 Å². The van der Waals surface area contributed by atoms with Gasteiger partial charge < -0.3 is 9.73 Å². The van der Waals surface area contributed by atoms with E-state index in [2.05, 4.69) is 40.1 Å². The van der Waals surface area contributed by atoms with Gasteiger partial charge in [0.05, 0.1) is 0 Å². The molecule has 20 heavy (non-hydrogen) atoms. The molecule has 0 aliphatic rings. The van der Waals surface area contributed by atoms with E-state index in [-0.39, 0.29) is 0 Å². The summed E-state index contributed by atoms with van der Waals surface area (Å²) < 4.78 is 6.89. The topological polar surface area (TPSA) is 38.1 Å². The molecule has 1 aromatic carbocycles. The molecule has 0 aliphatic heterocycles. The van der Waals surface area contributed by atoms with E-state index in [4.69, 9.17) is 4.42 Å². The first-order valence-corrected chi connectivity index (χ1v) is 8.18. The fraction of sp³-hybridized carbons (Fsp3) is 0.267. The summed E-state index contributed by atoms with van der Waals surface area (Å²) in [4.78, 5) is 4.57. The highest BCUT2D eigenvalue weighted by Gasteiger charge is 2.10. The second-order valence-corrected chi connectivity index (χ2v) is 6.88. The quantitative estimate of drug-likeness (QED) is 0.685. The first kappa shape index (κ1) is 13.6. The molecule has 0 atom stereocenters. The van der Waals surface area contributed by atoms with Gasteiger partial charge in [-0.15, -0.1) is 11.3 Å². The molecular weight excluding hydrogens is 336 g/mol. The normalized spacial score (nSPS) is 11.4. The van der Waals surface area contributed by atoms with Gasteiger partial charge in [0.1, 0.15) is 11.3 Å². The van der Waals surface area contributed by atoms with E-state index in [0.29, 0.717) is 5.92 Å². The van der Waals surface area contributed by atoms with Crippen LogP contribution in [0.4, 0.5) is 5.13 Å². The van der Waals surface area contributed by atoms with Gasteiger partial charge in [0.2, 0.25) is 0 Å². The Bertz CT molecular complexity index is 732. The maximum atomic E-state index is 5.84. The number of fused-ring (bicyclic) bond motifs is 1. The number of furan rings is 1. The fourth-order valence-corrected chi connectivity index (χ4v) is 2.99. The van der Waals surface area contributed by atoms with Crippen LogP contribution in [-0.4, -0.2) is 11.5 Å². The first-order chi connectivity index (χ1) is 9.61. The molecule has 104 valence electrons. The van der Waals surface area contributed by atoms with Gasteiger partial charge in [0.15, 0.2) is 10.9 Å². The van der Waals surface area contributed by atoms with Gasteiger partial charge in [-0.1, -0.05) is 29.8 Å². The lowest BCUT2D eigenvalue weighted by atomic mass is 10.2. The lowest BCUT2D eigenvalue weighted by Gasteiger charge is -2.04. The number of thiazole rings is 1. The fourth-order valence-electron chi connectivity index (χ4n) is 1.90. The third kappa shape index (κ3) is 2.88. The molecular formula is C15H15BrN2OS. The van der Waals surface area contributed by atoms with E-state index < -0.39 is 0 Å². The smallest absolute Gasteiger partial charge is 0.183 e. The van der Waals surface area contributed by atoms with Crippen LogP contribution in [0.15, 0.2) is 38.5 Å². The second-order valence-electron chi connectivity index (χ2n) is 5.11. The molecule has 5 heteroatoms. The van der Waals surface area contributed by atoms with E-state index in [9.17, 15) is 0 Å². The van der Waals surface area contributed by atoms with Crippen molar-refractivity contribution in [3.8, 4) is 11.5 Å². The summed E-state index contributed by atoms with van der Waals surface area (Å²) in [5.74, 6) is 1.41. The molecule has 0 saturated carbocycles. The lowest BCUT2D eigenvalue weighted by molar-refractivity contribution is 0.629. The van der Waals surface area contributed by atoms with Crippen molar-refractivity contribution >= 4 is 43.4 Å². The van der Waals surface area contributed by atoms with Crippen molar-refractivity contribution in [3.63, 3.8) is 0 Å². The minimum atomic E-state index is 0.603. The van der Waals surface area contributed by atoms with Gasteiger partial charge in [-0.2, -0.15) is 0 Å². The second kappa shape index (κ2) is 5.58. The van der Waals surface area contributed by atoms with Gasteiger partial charge in [0.25, 0.3) is 0 Å². The Kier molecular flexibility index (Phi) is 3.81. The van der Waals surface area contributed by atoms with Gasteiger partial charge in [-0.25, -0.2) is 4.98 Å². The number of hydrogen-bond acceptors (Lipinski definition) is 4. The third-order valence-corrected chi connectivity index (χ3v) is 4.19. The van der Waals surface area contributed by atoms with Crippen LogP contribution in [-0.2, 0) is 0 Å². The summed E-state index contributed by atoms with van der Waals surface area (Å²) in [6.07, 6.45) is 0. The van der Waals surface area contributed by atoms with E-state index in [0.717, 1.165) is 38.6 Å². The third-order valence-electron chi connectivity index (χ3n) is 2.90. The highest BCUT2D eigenvalue weighted by Crippen LogP contribution is 2.31. The summed E-state index contributed by atoms with van der Waals surface area (Å²) in [5.41, 5.74) is 1.77. The molecule has 0 amide bonds. The number of aromatic nitrogens is 1. The van der Waals surface area contributed by atoms with Crippen molar-refractivity contribution in [1.29, 1.82) is 0 Å². The van der Waals surface area contributed by atoms with Crippen molar-refractivity contribution in [2.24, 2.45) is 5.92 Å². The van der Waals surface area contributed by atoms with Crippen LogP contribution in [0.5, 0.6) is 0 Å². The Hall–Kier alpha value is -1.33. The molecule has 1 N–H and O–H groups in total. The van der Waals surface area contributed by atoms with Crippen LogP contribution in [0, 0.1) is 5.92 Å². The highest BCUT2D eigenvalue weighted by atomic mass is 79.9. The van der Waals surface area contributed by atoms with Gasteiger partial charge >= 0.3 is 0 Å². The average molecular weight is 351 g/mol. The van der Waals surface area contributed by atoms with E-state index in [1.807, 2.05) is 29.6 Å². The molecule has 0 saturated heterocycles. The summed E-state index contributed by atoms with van der Waals surface area (Å²) in [6, 6.07) is 8.02. The Labute approximate surface area is 130 Å². The lowest BCUT2D eigenvalue weighted by Crippen LogP contribution is -2.07. The van der Waals surface area contributed by atoms with Crippen molar-refractivity contribution in [3.05, 3.63) is 34.1 Å². The molecule has 3 aromatic rings. The molecule has 2 heterocycles. The average Bonchev–Trinajstić information content (AvgIpc) is 3.01. The number of nitrogens with zero attached hydrogens (tertiary/aromatic N) is 1. The van der Waals surface area contributed by atoms with Crippen LogP contribution in [0.2, 0.25) is 0 Å². The van der Waals surface area contributed by atoms with Gasteiger partial charge in [-0.3, -0.25) is 0 Å². The molecule has 0 radical (unpaired) electrons. The zero-order chi connectivity index (χ0) is 14.1. The predicted molar refractivity (Wildman–Crippen MR) is 88.3 cm³/mol. The Morgan fingerprint density at radius 1 is 1.35 bits per heavy atom.